The summed E-state index contributed by atoms with van der Waals surface area (Å²) in [7, 11) is 1.61. The molecular formula is C19H14ClNO3. The zero-order chi connectivity index (χ0) is 16.9. The number of esters is 1. The van der Waals surface area contributed by atoms with Crippen LogP contribution in [0.15, 0.2) is 71.4 Å². The minimum atomic E-state index is -0.482. The van der Waals surface area contributed by atoms with Crippen molar-refractivity contribution in [3.63, 3.8) is 0 Å². The minimum absolute atomic E-state index is 0.242. The molecule has 0 atom stereocenters. The Morgan fingerprint density at radius 2 is 1.88 bits per heavy atom. The van der Waals surface area contributed by atoms with E-state index < -0.39 is 5.97 Å². The van der Waals surface area contributed by atoms with Gasteiger partial charge in [0.25, 0.3) is 0 Å². The molecule has 0 radical (unpaired) electrons. The lowest BCUT2D eigenvalue weighted by atomic mass is 10.2. The number of para-hydroxylation sites is 1. The van der Waals surface area contributed by atoms with Crippen LogP contribution in [-0.4, -0.2) is 19.0 Å². The van der Waals surface area contributed by atoms with Gasteiger partial charge in [0.15, 0.2) is 5.70 Å². The SMILES string of the molecule is COc1ccccc1C=CC=C1N=C(c2ccc(Cl)cc2)OC1=O. The Morgan fingerprint density at radius 1 is 1.12 bits per heavy atom. The van der Waals surface area contributed by atoms with Crippen molar-refractivity contribution >= 4 is 29.5 Å². The number of halogens is 1. The maximum atomic E-state index is 11.9. The molecule has 24 heavy (non-hydrogen) atoms. The van der Waals surface area contributed by atoms with Gasteiger partial charge in [-0.3, -0.25) is 0 Å². The number of methoxy groups -OCH3 is 1. The molecule has 120 valence electrons. The Bertz CT molecular complexity index is 851. The van der Waals surface area contributed by atoms with Crippen LogP contribution in [-0.2, 0) is 9.53 Å². The molecule has 0 fully saturated rings. The third-order valence-corrected chi connectivity index (χ3v) is 3.63. The molecule has 4 nitrogen and oxygen atoms in total. The van der Waals surface area contributed by atoms with Gasteiger partial charge in [0, 0.05) is 16.1 Å². The average Bonchev–Trinajstić information content (AvgIpc) is 2.97. The zero-order valence-corrected chi connectivity index (χ0v) is 13.7. The fraction of sp³-hybridized carbons (Fsp3) is 0.0526. The van der Waals surface area contributed by atoms with E-state index in [1.807, 2.05) is 30.3 Å². The Morgan fingerprint density at radius 3 is 2.62 bits per heavy atom. The quantitative estimate of drug-likeness (QED) is 0.618. The largest absolute Gasteiger partial charge is 0.496 e. The highest BCUT2D eigenvalue weighted by Gasteiger charge is 2.23. The van der Waals surface area contributed by atoms with Crippen molar-refractivity contribution in [2.45, 2.75) is 0 Å². The summed E-state index contributed by atoms with van der Waals surface area (Å²) in [4.78, 5) is 16.1. The molecule has 0 amide bonds. The highest BCUT2D eigenvalue weighted by atomic mass is 35.5. The highest BCUT2D eigenvalue weighted by molar-refractivity contribution is 6.30. The molecule has 0 aromatic heterocycles. The highest BCUT2D eigenvalue weighted by Crippen LogP contribution is 2.20. The Balaban J connectivity index is 1.81. The summed E-state index contributed by atoms with van der Waals surface area (Å²) < 4.78 is 10.5. The molecule has 1 aliphatic heterocycles. The second kappa shape index (κ2) is 7.15. The molecule has 0 bridgehead atoms. The van der Waals surface area contributed by atoms with E-state index in [1.165, 1.54) is 0 Å². The van der Waals surface area contributed by atoms with Crippen molar-refractivity contribution < 1.29 is 14.3 Å². The second-order valence-electron chi connectivity index (χ2n) is 4.97. The predicted octanol–water partition coefficient (Wildman–Crippen LogP) is 4.25. The Labute approximate surface area is 144 Å². The lowest BCUT2D eigenvalue weighted by Crippen LogP contribution is -2.04. The number of benzene rings is 2. The Kier molecular flexibility index (Phi) is 4.77. The zero-order valence-electron chi connectivity index (χ0n) is 12.9. The summed E-state index contributed by atoms with van der Waals surface area (Å²) in [5.41, 5.74) is 1.85. The number of cyclic esters (lactones) is 1. The van der Waals surface area contributed by atoms with E-state index in [2.05, 4.69) is 4.99 Å². The molecule has 0 N–H and O–H groups in total. The Hall–Kier alpha value is -2.85. The summed E-state index contributed by atoms with van der Waals surface area (Å²) in [5.74, 6) is 0.546. The van der Waals surface area contributed by atoms with Crippen molar-refractivity contribution in [3.8, 4) is 5.75 Å². The number of allylic oxidation sites excluding steroid dienone is 2. The first kappa shape index (κ1) is 16.0. The molecule has 0 aliphatic carbocycles. The first-order valence-corrected chi connectivity index (χ1v) is 7.63. The molecule has 0 saturated carbocycles. The van der Waals surface area contributed by atoms with E-state index in [0.29, 0.717) is 10.6 Å². The summed E-state index contributed by atoms with van der Waals surface area (Å²) in [6, 6.07) is 14.5. The van der Waals surface area contributed by atoms with E-state index in [4.69, 9.17) is 21.1 Å². The van der Waals surface area contributed by atoms with Gasteiger partial charge in [0.2, 0.25) is 5.90 Å². The van der Waals surface area contributed by atoms with Gasteiger partial charge in [0.05, 0.1) is 7.11 Å². The van der Waals surface area contributed by atoms with Crippen LogP contribution in [0.3, 0.4) is 0 Å². The topological polar surface area (TPSA) is 47.9 Å². The molecule has 2 aromatic carbocycles. The molecule has 2 aromatic rings. The summed E-state index contributed by atoms with van der Waals surface area (Å²) >= 11 is 5.85. The summed E-state index contributed by atoms with van der Waals surface area (Å²) in [6.07, 6.45) is 5.19. The van der Waals surface area contributed by atoms with Crippen LogP contribution in [0, 0.1) is 0 Å². The van der Waals surface area contributed by atoms with E-state index in [-0.39, 0.29) is 11.6 Å². The van der Waals surface area contributed by atoms with E-state index >= 15 is 0 Å². The van der Waals surface area contributed by atoms with Gasteiger partial charge in [-0.15, -0.1) is 0 Å². The van der Waals surface area contributed by atoms with Crippen LogP contribution in [0.1, 0.15) is 11.1 Å². The lowest BCUT2D eigenvalue weighted by Gasteiger charge is -2.02. The van der Waals surface area contributed by atoms with Crippen molar-refractivity contribution in [1.82, 2.24) is 0 Å². The van der Waals surface area contributed by atoms with Gasteiger partial charge >= 0.3 is 5.97 Å². The monoisotopic (exact) mass is 339 g/mol. The molecule has 0 unspecified atom stereocenters. The molecule has 0 saturated heterocycles. The maximum absolute atomic E-state index is 11.9. The normalized spacial score (nSPS) is 15.7. The number of hydrogen-bond donors (Lipinski definition) is 0. The van der Waals surface area contributed by atoms with Crippen molar-refractivity contribution in [3.05, 3.63) is 82.5 Å². The standard InChI is InChI=1S/C19H14ClNO3/c1-23-17-8-3-2-5-13(17)6-4-7-16-19(22)24-18(21-16)14-9-11-15(20)12-10-14/h2-12H,1H3. The molecule has 1 aliphatic rings. The van der Waals surface area contributed by atoms with Crippen LogP contribution in [0.25, 0.3) is 6.08 Å². The lowest BCUT2D eigenvalue weighted by molar-refractivity contribution is -0.130. The molecular weight excluding hydrogens is 326 g/mol. The van der Waals surface area contributed by atoms with Crippen LogP contribution >= 0.6 is 11.6 Å². The van der Waals surface area contributed by atoms with E-state index in [1.54, 1.807) is 43.5 Å². The number of aliphatic imine (C=N–C) groups is 1. The first-order chi connectivity index (χ1) is 11.7. The predicted molar refractivity (Wildman–Crippen MR) is 94.2 cm³/mol. The fourth-order valence-corrected chi connectivity index (χ4v) is 2.31. The number of hydrogen-bond acceptors (Lipinski definition) is 4. The first-order valence-electron chi connectivity index (χ1n) is 7.25. The number of carbonyl (C=O) groups is 1. The molecule has 5 heteroatoms. The molecule has 1 heterocycles. The molecule has 3 rings (SSSR count). The van der Waals surface area contributed by atoms with E-state index in [9.17, 15) is 4.79 Å². The third kappa shape index (κ3) is 3.55. The van der Waals surface area contributed by atoms with Gasteiger partial charge < -0.3 is 9.47 Å². The molecule has 0 spiro atoms. The van der Waals surface area contributed by atoms with Gasteiger partial charge in [-0.1, -0.05) is 42.0 Å². The van der Waals surface area contributed by atoms with Crippen LogP contribution < -0.4 is 4.74 Å². The number of nitrogens with zero attached hydrogens (tertiary/aromatic N) is 1. The van der Waals surface area contributed by atoms with Crippen LogP contribution in [0.2, 0.25) is 5.02 Å². The van der Waals surface area contributed by atoms with Gasteiger partial charge in [-0.05, 0) is 36.4 Å². The second-order valence-corrected chi connectivity index (χ2v) is 5.40. The van der Waals surface area contributed by atoms with Crippen LogP contribution in [0.4, 0.5) is 0 Å². The fourth-order valence-electron chi connectivity index (χ4n) is 2.19. The van der Waals surface area contributed by atoms with Gasteiger partial charge in [-0.25, -0.2) is 9.79 Å². The smallest absolute Gasteiger partial charge is 0.363 e. The van der Waals surface area contributed by atoms with Crippen molar-refractivity contribution in [2.24, 2.45) is 4.99 Å². The van der Waals surface area contributed by atoms with Gasteiger partial charge in [-0.2, -0.15) is 0 Å². The van der Waals surface area contributed by atoms with Crippen LogP contribution in [0.5, 0.6) is 5.75 Å². The number of rotatable bonds is 4. The van der Waals surface area contributed by atoms with E-state index in [0.717, 1.165) is 11.3 Å². The summed E-state index contributed by atoms with van der Waals surface area (Å²) in [5, 5.41) is 0.610. The van der Waals surface area contributed by atoms with Crippen molar-refractivity contribution in [2.75, 3.05) is 7.11 Å². The number of ether oxygens (including phenoxy) is 2. The average molecular weight is 340 g/mol. The third-order valence-electron chi connectivity index (χ3n) is 3.38. The number of carbonyl (C=O) groups excluding carboxylic acids is 1. The van der Waals surface area contributed by atoms with Crippen molar-refractivity contribution in [1.29, 1.82) is 0 Å². The summed E-state index contributed by atoms with van der Waals surface area (Å²) in [6.45, 7) is 0. The van der Waals surface area contributed by atoms with Gasteiger partial charge in [0.1, 0.15) is 5.75 Å². The minimum Gasteiger partial charge on any atom is -0.496 e. The maximum Gasteiger partial charge on any atom is 0.363 e.